The summed E-state index contributed by atoms with van der Waals surface area (Å²) < 4.78 is 9.71. The summed E-state index contributed by atoms with van der Waals surface area (Å²) in [5, 5.41) is 17.1. The van der Waals surface area contributed by atoms with E-state index in [1.165, 1.54) is 5.56 Å². The summed E-state index contributed by atoms with van der Waals surface area (Å²) in [6.45, 7) is 6.37. The van der Waals surface area contributed by atoms with Crippen molar-refractivity contribution in [3.05, 3.63) is 59.2 Å². The van der Waals surface area contributed by atoms with Gasteiger partial charge in [-0.05, 0) is 38.3 Å². The standard InChI is InChI=1S/C23H30N6O2S/c1-17-13-18(2)29(27-17)11-10-22(30)24-14-21-25-26-23(32-16-20-9-6-12-31-20)28(21)15-19-7-4-3-5-8-19/h3-5,7-8,13,20H,6,9-12,14-16H2,1-2H3,(H,24,30). The summed E-state index contributed by atoms with van der Waals surface area (Å²) in [5.74, 6) is 1.59. The van der Waals surface area contributed by atoms with Crippen LogP contribution >= 0.6 is 11.8 Å². The molecule has 0 saturated carbocycles. The monoisotopic (exact) mass is 454 g/mol. The average molecular weight is 455 g/mol. The van der Waals surface area contributed by atoms with Crippen LogP contribution in [0, 0.1) is 13.8 Å². The van der Waals surface area contributed by atoms with Gasteiger partial charge in [-0.3, -0.25) is 9.48 Å². The van der Waals surface area contributed by atoms with Gasteiger partial charge in [0.15, 0.2) is 11.0 Å². The Kier molecular flexibility index (Phi) is 7.59. The van der Waals surface area contributed by atoms with Crippen LogP contribution < -0.4 is 5.32 Å². The molecule has 1 N–H and O–H groups in total. The number of carbonyl (C=O) groups excluding carboxylic acids is 1. The number of aryl methyl sites for hydroxylation is 3. The number of hydrogen-bond donors (Lipinski definition) is 1. The van der Waals surface area contributed by atoms with Gasteiger partial charge in [0.2, 0.25) is 5.91 Å². The van der Waals surface area contributed by atoms with Crippen molar-refractivity contribution in [2.24, 2.45) is 0 Å². The van der Waals surface area contributed by atoms with Crippen LogP contribution in [0.5, 0.6) is 0 Å². The third-order valence-electron chi connectivity index (χ3n) is 5.50. The van der Waals surface area contributed by atoms with E-state index in [0.29, 0.717) is 26.1 Å². The third-order valence-corrected chi connectivity index (χ3v) is 6.60. The molecule has 1 atom stereocenters. The first-order valence-electron chi connectivity index (χ1n) is 11.1. The molecule has 32 heavy (non-hydrogen) atoms. The van der Waals surface area contributed by atoms with Gasteiger partial charge in [-0.25, -0.2) is 0 Å². The highest BCUT2D eigenvalue weighted by atomic mass is 32.2. The van der Waals surface area contributed by atoms with E-state index in [2.05, 4.69) is 37.3 Å². The van der Waals surface area contributed by atoms with Gasteiger partial charge >= 0.3 is 0 Å². The SMILES string of the molecule is Cc1cc(C)n(CCC(=O)NCc2nnc(SCC3CCCO3)n2Cc2ccccc2)n1. The maximum atomic E-state index is 12.5. The molecular weight excluding hydrogens is 424 g/mol. The molecule has 1 fully saturated rings. The number of aromatic nitrogens is 5. The molecule has 1 amide bonds. The number of thioether (sulfide) groups is 1. The predicted octanol–water partition coefficient (Wildman–Crippen LogP) is 3.12. The van der Waals surface area contributed by atoms with Crippen molar-refractivity contribution in [1.82, 2.24) is 29.9 Å². The Morgan fingerprint density at radius 3 is 2.81 bits per heavy atom. The van der Waals surface area contributed by atoms with Gasteiger partial charge in [0, 0.05) is 31.0 Å². The van der Waals surface area contributed by atoms with Crippen molar-refractivity contribution >= 4 is 17.7 Å². The van der Waals surface area contributed by atoms with Crippen molar-refractivity contribution in [2.75, 3.05) is 12.4 Å². The molecule has 170 valence electrons. The van der Waals surface area contributed by atoms with Gasteiger partial charge in [0.25, 0.3) is 0 Å². The van der Waals surface area contributed by atoms with E-state index in [1.54, 1.807) is 11.8 Å². The predicted molar refractivity (Wildman–Crippen MR) is 123 cm³/mol. The van der Waals surface area contributed by atoms with Crippen molar-refractivity contribution < 1.29 is 9.53 Å². The van der Waals surface area contributed by atoms with Gasteiger partial charge in [-0.2, -0.15) is 5.10 Å². The first-order valence-corrected chi connectivity index (χ1v) is 12.0. The number of nitrogens with one attached hydrogen (secondary N) is 1. The average Bonchev–Trinajstić information content (AvgIpc) is 3.51. The molecule has 1 aliphatic heterocycles. The van der Waals surface area contributed by atoms with E-state index in [0.717, 1.165) is 47.6 Å². The first-order chi connectivity index (χ1) is 15.6. The smallest absolute Gasteiger partial charge is 0.222 e. The molecule has 0 bridgehead atoms. The summed E-state index contributed by atoms with van der Waals surface area (Å²) in [7, 11) is 0. The number of benzene rings is 1. The van der Waals surface area contributed by atoms with Crippen molar-refractivity contribution in [3.63, 3.8) is 0 Å². The zero-order chi connectivity index (χ0) is 22.3. The minimum atomic E-state index is -0.0274. The summed E-state index contributed by atoms with van der Waals surface area (Å²) in [6, 6.07) is 12.3. The van der Waals surface area contributed by atoms with Crippen LogP contribution in [-0.4, -0.2) is 48.9 Å². The molecule has 3 aromatic rings. The first kappa shape index (κ1) is 22.5. The van der Waals surface area contributed by atoms with Crippen LogP contribution in [0.1, 0.15) is 42.0 Å². The molecule has 3 heterocycles. The summed E-state index contributed by atoms with van der Waals surface area (Å²) in [4.78, 5) is 12.5. The van der Waals surface area contributed by atoms with E-state index in [1.807, 2.05) is 42.8 Å². The number of hydrogen-bond acceptors (Lipinski definition) is 6. The summed E-state index contributed by atoms with van der Waals surface area (Å²) in [5.41, 5.74) is 3.19. The zero-order valence-electron chi connectivity index (χ0n) is 18.7. The van der Waals surface area contributed by atoms with Crippen LogP contribution in [-0.2, 0) is 29.2 Å². The van der Waals surface area contributed by atoms with Crippen LogP contribution in [0.4, 0.5) is 0 Å². The second-order valence-corrected chi connectivity index (χ2v) is 9.08. The molecule has 1 aliphatic rings. The zero-order valence-corrected chi connectivity index (χ0v) is 19.5. The van der Waals surface area contributed by atoms with Crippen molar-refractivity contribution in [3.8, 4) is 0 Å². The number of rotatable bonds is 10. The lowest BCUT2D eigenvalue weighted by atomic mass is 10.2. The Hall–Kier alpha value is -2.65. The molecular formula is C23H30N6O2S. The molecule has 0 radical (unpaired) electrons. The second kappa shape index (κ2) is 10.8. The number of ether oxygens (including phenoxy) is 1. The van der Waals surface area contributed by atoms with Gasteiger partial charge in [-0.1, -0.05) is 42.1 Å². The summed E-state index contributed by atoms with van der Waals surface area (Å²) >= 11 is 1.67. The largest absolute Gasteiger partial charge is 0.377 e. The maximum absolute atomic E-state index is 12.5. The fraction of sp³-hybridized carbons (Fsp3) is 0.478. The molecule has 1 saturated heterocycles. The second-order valence-electron chi connectivity index (χ2n) is 8.09. The number of amides is 1. The fourth-order valence-electron chi connectivity index (χ4n) is 3.80. The van der Waals surface area contributed by atoms with Gasteiger partial charge in [0.1, 0.15) is 0 Å². The van der Waals surface area contributed by atoms with E-state index in [4.69, 9.17) is 4.74 Å². The van der Waals surface area contributed by atoms with Crippen LogP contribution in [0.3, 0.4) is 0 Å². The Morgan fingerprint density at radius 1 is 1.25 bits per heavy atom. The van der Waals surface area contributed by atoms with Crippen molar-refractivity contribution in [2.45, 2.75) is 64.0 Å². The van der Waals surface area contributed by atoms with E-state index in [-0.39, 0.29) is 12.0 Å². The Morgan fingerprint density at radius 2 is 2.09 bits per heavy atom. The molecule has 2 aromatic heterocycles. The molecule has 9 heteroatoms. The molecule has 1 aromatic carbocycles. The van der Waals surface area contributed by atoms with E-state index >= 15 is 0 Å². The van der Waals surface area contributed by atoms with E-state index in [9.17, 15) is 4.79 Å². The van der Waals surface area contributed by atoms with Crippen LogP contribution in [0.2, 0.25) is 0 Å². The molecule has 1 unspecified atom stereocenters. The minimum Gasteiger partial charge on any atom is -0.377 e. The quantitative estimate of drug-likeness (QED) is 0.474. The molecule has 8 nitrogen and oxygen atoms in total. The lowest BCUT2D eigenvalue weighted by Crippen LogP contribution is -2.26. The Bertz CT molecular complexity index is 1030. The number of nitrogens with zero attached hydrogens (tertiary/aromatic N) is 5. The lowest BCUT2D eigenvalue weighted by Gasteiger charge is -2.13. The fourth-order valence-corrected chi connectivity index (χ4v) is 4.82. The Balaban J connectivity index is 1.38. The van der Waals surface area contributed by atoms with Crippen LogP contribution in [0.25, 0.3) is 0 Å². The Labute approximate surface area is 192 Å². The lowest BCUT2D eigenvalue weighted by molar-refractivity contribution is -0.121. The van der Waals surface area contributed by atoms with Gasteiger partial charge in [0.05, 0.1) is 24.9 Å². The third kappa shape index (κ3) is 5.98. The molecule has 0 aliphatic carbocycles. The normalized spacial score (nSPS) is 15.9. The maximum Gasteiger partial charge on any atom is 0.222 e. The summed E-state index contributed by atoms with van der Waals surface area (Å²) in [6.07, 6.45) is 2.86. The highest BCUT2D eigenvalue weighted by Crippen LogP contribution is 2.24. The molecule has 4 rings (SSSR count). The van der Waals surface area contributed by atoms with E-state index < -0.39 is 0 Å². The van der Waals surface area contributed by atoms with Crippen molar-refractivity contribution in [1.29, 1.82) is 0 Å². The highest BCUT2D eigenvalue weighted by molar-refractivity contribution is 7.99. The number of carbonyl (C=O) groups is 1. The highest BCUT2D eigenvalue weighted by Gasteiger charge is 2.19. The van der Waals surface area contributed by atoms with Gasteiger partial charge < -0.3 is 14.6 Å². The van der Waals surface area contributed by atoms with Crippen LogP contribution in [0.15, 0.2) is 41.6 Å². The molecule has 0 spiro atoms. The topological polar surface area (TPSA) is 86.9 Å². The minimum absolute atomic E-state index is 0.0274. The van der Waals surface area contributed by atoms with Gasteiger partial charge in [-0.15, -0.1) is 10.2 Å².